The first-order chi connectivity index (χ1) is 14.3. The highest BCUT2D eigenvalue weighted by molar-refractivity contribution is 7.90. The first kappa shape index (κ1) is 19.7. The molecule has 2 aromatic heterocycles. The van der Waals surface area contributed by atoms with Gasteiger partial charge >= 0.3 is 6.16 Å². The van der Waals surface area contributed by atoms with Crippen LogP contribution < -0.4 is 10.3 Å². The van der Waals surface area contributed by atoms with E-state index in [1.54, 1.807) is 43.3 Å². The summed E-state index contributed by atoms with van der Waals surface area (Å²) in [7, 11) is -3.36. The van der Waals surface area contributed by atoms with Crippen molar-refractivity contribution >= 4 is 37.8 Å². The molecule has 2 aromatic carbocycles. The van der Waals surface area contributed by atoms with Crippen molar-refractivity contribution in [2.45, 2.75) is 11.8 Å². The number of carbonyl (C=O) groups is 1. The highest BCUT2D eigenvalue weighted by Gasteiger charge is 2.17. The molecule has 0 radical (unpaired) electrons. The monoisotopic (exact) mass is 426 g/mol. The van der Waals surface area contributed by atoms with Crippen LogP contribution in [-0.2, 0) is 14.6 Å². The van der Waals surface area contributed by atoms with Gasteiger partial charge in [0, 0.05) is 23.4 Å². The number of carbonyl (C=O) groups excluding carboxylic acids is 1. The second-order valence-corrected chi connectivity index (χ2v) is 8.72. The van der Waals surface area contributed by atoms with Gasteiger partial charge in [-0.3, -0.25) is 4.79 Å². The molecule has 9 heteroatoms. The Bertz CT molecular complexity index is 1450. The second-order valence-electron chi connectivity index (χ2n) is 6.70. The Morgan fingerprint density at radius 1 is 1.10 bits per heavy atom. The minimum absolute atomic E-state index is 0.156. The fourth-order valence-corrected chi connectivity index (χ4v) is 3.97. The van der Waals surface area contributed by atoms with Gasteiger partial charge in [-0.2, -0.15) is 0 Å². The lowest BCUT2D eigenvalue weighted by Gasteiger charge is -2.08. The van der Waals surface area contributed by atoms with E-state index in [2.05, 4.69) is 9.97 Å². The minimum atomic E-state index is -3.36. The molecule has 4 rings (SSSR count). The third-order valence-electron chi connectivity index (χ3n) is 4.66. The third-order valence-corrected chi connectivity index (χ3v) is 5.77. The Morgan fingerprint density at radius 2 is 1.87 bits per heavy atom. The Morgan fingerprint density at radius 3 is 2.60 bits per heavy atom. The van der Waals surface area contributed by atoms with E-state index in [4.69, 9.17) is 9.47 Å². The van der Waals surface area contributed by atoms with E-state index in [1.807, 2.05) is 0 Å². The van der Waals surface area contributed by atoms with E-state index in [0.29, 0.717) is 21.9 Å². The molecule has 0 aliphatic rings. The van der Waals surface area contributed by atoms with Crippen LogP contribution in [0.5, 0.6) is 5.75 Å². The van der Waals surface area contributed by atoms with Crippen molar-refractivity contribution in [2.75, 3.05) is 12.9 Å². The number of fused-ring (bicyclic) bond motifs is 3. The second kappa shape index (κ2) is 7.34. The molecule has 0 unspecified atom stereocenters. The number of aromatic amines is 2. The zero-order chi connectivity index (χ0) is 21.5. The fourth-order valence-electron chi connectivity index (χ4n) is 3.30. The molecular weight excluding hydrogens is 408 g/mol. The van der Waals surface area contributed by atoms with Crippen molar-refractivity contribution in [3.05, 3.63) is 59.0 Å². The Kier molecular flexibility index (Phi) is 4.83. The highest BCUT2D eigenvalue weighted by atomic mass is 32.2. The predicted octanol–water partition coefficient (Wildman–Crippen LogP) is 3.62. The topological polar surface area (TPSA) is 118 Å². The van der Waals surface area contributed by atoms with E-state index in [1.165, 1.54) is 12.3 Å². The standard InChI is InChI=1S/C21H18N2O6S/c1-3-28-21(25)29-17-11-22-19-18(17)15-10-13(7-8-16(15)23-20(19)24)12-5-4-6-14(9-12)30(2,26)27/h4-11,22H,3H2,1-2H3,(H,23,24). The highest BCUT2D eigenvalue weighted by Crippen LogP contribution is 2.33. The summed E-state index contributed by atoms with van der Waals surface area (Å²) in [6, 6.07) is 11.9. The summed E-state index contributed by atoms with van der Waals surface area (Å²) in [6.07, 6.45) is 1.70. The van der Waals surface area contributed by atoms with E-state index in [0.717, 1.165) is 11.8 Å². The number of benzene rings is 2. The molecule has 0 aliphatic heterocycles. The summed E-state index contributed by atoms with van der Waals surface area (Å²) in [5.74, 6) is 0.168. The molecule has 0 amide bonds. The van der Waals surface area contributed by atoms with Crippen molar-refractivity contribution in [2.24, 2.45) is 0 Å². The van der Waals surface area contributed by atoms with Crippen molar-refractivity contribution in [3.63, 3.8) is 0 Å². The van der Waals surface area contributed by atoms with Crippen LogP contribution in [0.25, 0.3) is 32.9 Å². The molecule has 8 nitrogen and oxygen atoms in total. The molecule has 0 spiro atoms. The number of aromatic nitrogens is 2. The van der Waals surface area contributed by atoms with Crippen LogP contribution in [0.1, 0.15) is 6.92 Å². The number of H-pyrrole nitrogens is 2. The maximum absolute atomic E-state index is 12.4. The van der Waals surface area contributed by atoms with Gasteiger partial charge in [-0.25, -0.2) is 13.2 Å². The van der Waals surface area contributed by atoms with Crippen LogP contribution in [-0.4, -0.2) is 37.4 Å². The van der Waals surface area contributed by atoms with Gasteiger partial charge < -0.3 is 19.4 Å². The summed E-state index contributed by atoms with van der Waals surface area (Å²) >= 11 is 0. The molecule has 0 saturated heterocycles. The molecule has 0 saturated carbocycles. The molecule has 2 heterocycles. The largest absolute Gasteiger partial charge is 0.513 e. The molecule has 0 atom stereocenters. The van der Waals surface area contributed by atoms with Gasteiger partial charge in [0.1, 0.15) is 5.52 Å². The summed E-state index contributed by atoms with van der Waals surface area (Å²) in [6.45, 7) is 1.82. The van der Waals surface area contributed by atoms with Gasteiger partial charge in [0.25, 0.3) is 5.56 Å². The van der Waals surface area contributed by atoms with Crippen LogP contribution in [0.3, 0.4) is 0 Å². The fraction of sp³-hybridized carbons (Fsp3) is 0.143. The van der Waals surface area contributed by atoms with Crippen molar-refractivity contribution in [1.82, 2.24) is 9.97 Å². The number of pyridine rings is 1. The van der Waals surface area contributed by atoms with Crippen molar-refractivity contribution in [1.29, 1.82) is 0 Å². The van der Waals surface area contributed by atoms with E-state index >= 15 is 0 Å². The van der Waals surface area contributed by atoms with Gasteiger partial charge in [0.05, 0.1) is 16.9 Å². The zero-order valence-electron chi connectivity index (χ0n) is 16.2. The van der Waals surface area contributed by atoms with Crippen molar-refractivity contribution in [3.8, 4) is 16.9 Å². The maximum Gasteiger partial charge on any atom is 0.513 e. The minimum Gasteiger partial charge on any atom is -0.434 e. The van der Waals surface area contributed by atoms with Gasteiger partial charge in [0.15, 0.2) is 15.6 Å². The lowest BCUT2D eigenvalue weighted by Crippen LogP contribution is -2.10. The van der Waals surface area contributed by atoms with E-state index in [-0.39, 0.29) is 28.3 Å². The van der Waals surface area contributed by atoms with Crippen LogP contribution in [0.2, 0.25) is 0 Å². The SMILES string of the molecule is CCOC(=O)Oc1c[nH]c2c(=O)[nH]c3ccc(-c4cccc(S(C)(=O)=O)c4)cc3c12. The lowest BCUT2D eigenvalue weighted by atomic mass is 10.0. The van der Waals surface area contributed by atoms with Crippen LogP contribution >= 0.6 is 0 Å². The molecule has 0 bridgehead atoms. The number of rotatable bonds is 4. The quantitative estimate of drug-likeness (QED) is 0.481. The molecule has 30 heavy (non-hydrogen) atoms. The third kappa shape index (κ3) is 3.55. The number of nitrogens with one attached hydrogen (secondary N) is 2. The summed E-state index contributed by atoms with van der Waals surface area (Å²) in [5, 5.41) is 1.07. The maximum atomic E-state index is 12.4. The molecule has 0 fully saturated rings. The Hall–Kier alpha value is -3.59. The summed E-state index contributed by atoms with van der Waals surface area (Å²) < 4.78 is 33.9. The molecule has 4 aromatic rings. The summed E-state index contributed by atoms with van der Waals surface area (Å²) in [5.41, 5.74) is 1.88. The molecule has 154 valence electrons. The van der Waals surface area contributed by atoms with Gasteiger partial charge in [-0.15, -0.1) is 0 Å². The van der Waals surface area contributed by atoms with E-state index < -0.39 is 16.0 Å². The average molecular weight is 426 g/mol. The summed E-state index contributed by atoms with van der Waals surface area (Å²) in [4.78, 5) is 30.0. The molecule has 2 N–H and O–H groups in total. The molecular formula is C21H18N2O6S. The van der Waals surface area contributed by atoms with Gasteiger partial charge in [-0.05, 0) is 42.3 Å². The van der Waals surface area contributed by atoms with E-state index in [9.17, 15) is 18.0 Å². The van der Waals surface area contributed by atoms with Crippen LogP contribution in [0, 0.1) is 0 Å². The Labute approximate surface area is 171 Å². The molecule has 0 aliphatic carbocycles. The predicted molar refractivity (Wildman–Crippen MR) is 113 cm³/mol. The number of sulfone groups is 1. The first-order valence-electron chi connectivity index (χ1n) is 9.10. The lowest BCUT2D eigenvalue weighted by molar-refractivity contribution is 0.105. The number of hydrogen-bond donors (Lipinski definition) is 2. The first-order valence-corrected chi connectivity index (χ1v) is 11.0. The van der Waals surface area contributed by atoms with Crippen LogP contribution in [0.15, 0.2) is 58.4 Å². The normalized spacial score (nSPS) is 11.7. The smallest absolute Gasteiger partial charge is 0.434 e. The Balaban J connectivity index is 1.93. The van der Waals surface area contributed by atoms with Gasteiger partial charge in [-0.1, -0.05) is 18.2 Å². The van der Waals surface area contributed by atoms with Crippen LogP contribution in [0.4, 0.5) is 4.79 Å². The van der Waals surface area contributed by atoms with Gasteiger partial charge in [0.2, 0.25) is 0 Å². The zero-order valence-corrected chi connectivity index (χ0v) is 17.0. The average Bonchev–Trinajstić information content (AvgIpc) is 3.12. The number of ether oxygens (including phenoxy) is 2. The van der Waals surface area contributed by atoms with Crippen molar-refractivity contribution < 1.29 is 22.7 Å². The number of hydrogen-bond acceptors (Lipinski definition) is 6.